The van der Waals surface area contributed by atoms with Crippen molar-refractivity contribution in [2.45, 2.75) is 70.6 Å². The van der Waals surface area contributed by atoms with Crippen LogP contribution in [-0.4, -0.2) is 107 Å². The summed E-state index contributed by atoms with van der Waals surface area (Å²) in [5, 5.41) is 18.2. The first-order chi connectivity index (χ1) is 24.7. The third-order valence-electron chi connectivity index (χ3n) is 10.2. The quantitative estimate of drug-likeness (QED) is 0.209. The first-order valence-corrected chi connectivity index (χ1v) is 18.3. The van der Waals surface area contributed by atoms with Crippen molar-refractivity contribution in [1.29, 1.82) is 0 Å². The Hall–Kier alpha value is -4.59. The van der Waals surface area contributed by atoms with Crippen molar-refractivity contribution in [2.75, 3.05) is 65.7 Å². The standard InChI is InChI=1S/C39H54N10O3/c1-38(2,3)33-24-26(23-31(42-33)35(50)40-17-18-46(6)7)41-37(51)43-30-14-15-32(29-12-10-9-11-28(29)30)52-27-13-16-34-44-45-36(49(34)25-27)39(4,5)48-21-19-47(8)20-22-48/h9-13,16,23-25,30,32H,14-15,17-22H2,1-8H3,(H,40,50)(H2,41,42,43,51)/t30-,32+/m0/s1. The van der Waals surface area contributed by atoms with Crippen LogP contribution in [0.3, 0.4) is 0 Å². The molecule has 0 unspecified atom stereocenters. The molecule has 3 aromatic heterocycles. The van der Waals surface area contributed by atoms with E-state index in [-0.39, 0.29) is 40.7 Å². The maximum atomic E-state index is 13.5. The van der Waals surface area contributed by atoms with Gasteiger partial charge in [-0.2, -0.15) is 0 Å². The summed E-state index contributed by atoms with van der Waals surface area (Å²) in [6.45, 7) is 15.7. The summed E-state index contributed by atoms with van der Waals surface area (Å²) >= 11 is 0. The molecule has 1 saturated heterocycles. The predicted molar refractivity (Wildman–Crippen MR) is 203 cm³/mol. The van der Waals surface area contributed by atoms with Gasteiger partial charge >= 0.3 is 6.03 Å². The first kappa shape index (κ1) is 37.2. The van der Waals surface area contributed by atoms with Crippen molar-refractivity contribution in [2.24, 2.45) is 0 Å². The summed E-state index contributed by atoms with van der Waals surface area (Å²) in [6, 6.07) is 14.9. The number of urea groups is 1. The van der Waals surface area contributed by atoms with Gasteiger partial charge in [-0.3, -0.25) is 14.1 Å². The molecule has 4 aromatic rings. The van der Waals surface area contributed by atoms with Crippen molar-refractivity contribution in [1.82, 2.24) is 44.9 Å². The number of likely N-dealkylation sites (N-methyl/N-ethyl adjacent to an activating group) is 2. The van der Waals surface area contributed by atoms with Crippen LogP contribution < -0.4 is 20.7 Å². The zero-order valence-electron chi connectivity index (χ0n) is 31.9. The number of fused-ring (bicyclic) bond motifs is 2. The molecular formula is C39H54N10O3. The van der Waals surface area contributed by atoms with Crippen molar-refractivity contribution >= 4 is 23.3 Å². The summed E-state index contributed by atoms with van der Waals surface area (Å²) in [5.74, 6) is 1.35. The monoisotopic (exact) mass is 710 g/mol. The van der Waals surface area contributed by atoms with E-state index in [2.05, 4.69) is 78.4 Å². The van der Waals surface area contributed by atoms with Crippen molar-refractivity contribution in [3.8, 4) is 5.75 Å². The SMILES string of the molecule is CN(C)CCNC(=O)c1cc(NC(=O)N[C@H]2CC[C@@H](Oc3ccc4nnc(C(C)(C)N5CCN(C)CC5)n4c3)c3ccccc32)cc(C(C)(C)C)n1. The molecule has 0 saturated carbocycles. The first-order valence-electron chi connectivity index (χ1n) is 18.3. The molecule has 4 heterocycles. The van der Waals surface area contributed by atoms with Gasteiger partial charge in [0.1, 0.15) is 17.5 Å². The number of aromatic nitrogens is 4. The van der Waals surface area contributed by atoms with Crippen LogP contribution in [0.2, 0.25) is 0 Å². The summed E-state index contributed by atoms with van der Waals surface area (Å²) in [6.07, 6.45) is 3.21. The number of rotatable bonds is 10. The molecule has 2 atom stereocenters. The fourth-order valence-electron chi connectivity index (χ4n) is 6.96. The highest BCUT2D eigenvalue weighted by molar-refractivity contribution is 5.95. The summed E-state index contributed by atoms with van der Waals surface area (Å²) in [7, 11) is 6.07. The van der Waals surface area contributed by atoms with Crippen molar-refractivity contribution in [3.63, 3.8) is 0 Å². The van der Waals surface area contributed by atoms with Gasteiger partial charge in [-0.25, -0.2) is 9.78 Å². The molecule has 1 aliphatic heterocycles. The average Bonchev–Trinajstić information content (AvgIpc) is 3.53. The molecule has 52 heavy (non-hydrogen) atoms. The molecule has 0 radical (unpaired) electrons. The Kier molecular flexibility index (Phi) is 10.8. The zero-order chi connectivity index (χ0) is 37.2. The van der Waals surface area contributed by atoms with Gasteiger partial charge in [0.2, 0.25) is 0 Å². The molecule has 1 fully saturated rings. The number of hydrogen-bond acceptors (Lipinski definition) is 9. The molecule has 278 valence electrons. The number of nitrogens with one attached hydrogen (secondary N) is 3. The lowest BCUT2D eigenvalue weighted by Gasteiger charge is -2.42. The largest absolute Gasteiger partial charge is 0.484 e. The fraction of sp³-hybridized carbons (Fsp3) is 0.513. The molecule has 0 spiro atoms. The lowest BCUT2D eigenvalue weighted by Crippen LogP contribution is -2.52. The number of nitrogens with zero attached hydrogens (tertiary/aromatic N) is 7. The number of piperazine rings is 1. The van der Waals surface area contributed by atoms with Gasteiger partial charge in [-0.05, 0) is 83.2 Å². The number of ether oxygens (including phenoxy) is 1. The molecule has 1 aromatic carbocycles. The molecule has 1 aliphatic carbocycles. The van der Waals surface area contributed by atoms with Gasteiger partial charge < -0.3 is 30.5 Å². The van der Waals surface area contributed by atoms with E-state index in [1.807, 2.05) is 76.3 Å². The Morgan fingerprint density at radius 1 is 0.942 bits per heavy atom. The van der Waals surface area contributed by atoms with Crippen LogP contribution in [0.5, 0.6) is 5.75 Å². The highest BCUT2D eigenvalue weighted by Crippen LogP contribution is 2.39. The number of amides is 3. The van der Waals surface area contributed by atoms with E-state index in [0.717, 1.165) is 54.5 Å². The highest BCUT2D eigenvalue weighted by atomic mass is 16.5. The molecule has 13 nitrogen and oxygen atoms in total. The van der Waals surface area contributed by atoms with E-state index in [1.165, 1.54) is 0 Å². The number of benzene rings is 1. The third-order valence-corrected chi connectivity index (χ3v) is 10.2. The van der Waals surface area contributed by atoms with Gasteiger partial charge in [0.25, 0.3) is 5.91 Å². The van der Waals surface area contributed by atoms with Crippen LogP contribution in [-0.2, 0) is 11.0 Å². The van der Waals surface area contributed by atoms with E-state index in [4.69, 9.17) is 4.74 Å². The van der Waals surface area contributed by atoms with E-state index in [1.54, 1.807) is 6.07 Å². The van der Waals surface area contributed by atoms with E-state index < -0.39 is 0 Å². The minimum absolute atomic E-state index is 0.191. The maximum Gasteiger partial charge on any atom is 0.319 e. The van der Waals surface area contributed by atoms with Gasteiger partial charge in [-0.15, -0.1) is 10.2 Å². The molecule has 3 amide bonds. The second-order valence-electron chi connectivity index (χ2n) is 15.9. The van der Waals surface area contributed by atoms with Crippen LogP contribution in [0.15, 0.2) is 54.7 Å². The van der Waals surface area contributed by atoms with Crippen LogP contribution in [0.1, 0.15) is 92.7 Å². The summed E-state index contributed by atoms with van der Waals surface area (Å²) in [4.78, 5) is 37.9. The minimum atomic E-state index is -0.349. The molecule has 6 rings (SSSR count). The number of pyridine rings is 2. The molecule has 13 heteroatoms. The van der Waals surface area contributed by atoms with Gasteiger partial charge in [0.15, 0.2) is 11.5 Å². The summed E-state index contributed by atoms with van der Waals surface area (Å²) < 4.78 is 8.74. The summed E-state index contributed by atoms with van der Waals surface area (Å²) in [5.41, 5.74) is 3.70. The van der Waals surface area contributed by atoms with Crippen LogP contribution in [0.4, 0.5) is 10.5 Å². The Morgan fingerprint density at radius 3 is 2.38 bits per heavy atom. The normalized spacial score (nSPS) is 18.6. The topological polar surface area (TPSA) is 132 Å². The van der Waals surface area contributed by atoms with Gasteiger partial charge in [0, 0.05) is 56.1 Å². The molecule has 3 N–H and O–H groups in total. The van der Waals surface area contributed by atoms with Crippen molar-refractivity contribution < 1.29 is 14.3 Å². The van der Waals surface area contributed by atoms with Gasteiger partial charge in [-0.1, -0.05) is 45.0 Å². The lowest BCUT2D eigenvalue weighted by molar-refractivity contribution is 0.0544. The van der Waals surface area contributed by atoms with Crippen LogP contribution in [0, 0.1) is 0 Å². The average molecular weight is 711 g/mol. The molecule has 2 aliphatic rings. The zero-order valence-corrected chi connectivity index (χ0v) is 31.9. The molecular weight excluding hydrogens is 656 g/mol. The van der Waals surface area contributed by atoms with Crippen LogP contribution >= 0.6 is 0 Å². The van der Waals surface area contributed by atoms with Gasteiger partial charge in [0.05, 0.1) is 17.8 Å². The number of carbonyl (C=O) groups is 2. The minimum Gasteiger partial charge on any atom is -0.484 e. The fourth-order valence-corrected chi connectivity index (χ4v) is 6.96. The van der Waals surface area contributed by atoms with E-state index in [9.17, 15) is 9.59 Å². The maximum absolute atomic E-state index is 13.5. The predicted octanol–water partition coefficient (Wildman–Crippen LogP) is 4.97. The highest BCUT2D eigenvalue weighted by Gasteiger charge is 2.35. The number of hydrogen-bond donors (Lipinski definition) is 3. The van der Waals surface area contributed by atoms with Crippen molar-refractivity contribution in [3.05, 3.63) is 83.1 Å². The lowest BCUT2D eigenvalue weighted by atomic mass is 9.85. The van der Waals surface area contributed by atoms with E-state index >= 15 is 0 Å². The third kappa shape index (κ3) is 8.38. The molecule has 0 bridgehead atoms. The Balaban J connectivity index is 1.16. The second-order valence-corrected chi connectivity index (χ2v) is 15.9. The Labute approximate surface area is 307 Å². The second kappa shape index (κ2) is 15.2. The van der Waals surface area contributed by atoms with E-state index in [0.29, 0.717) is 37.3 Å². The number of anilines is 1. The van der Waals surface area contributed by atoms with Crippen LogP contribution in [0.25, 0.3) is 5.65 Å². The Bertz CT molecular complexity index is 1890. The smallest absolute Gasteiger partial charge is 0.319 e. The Morgan fingerprint density at radius 2 is 1.67 bits per heavy atom. The number of carbonyl (C=O) groups excluding carboxylic acids is 2.